The van der Waals surface area contributed by atoms with E-state index in [1.54, 1.807) is 4.90 Å². The number of rotatable bonds is 5. The Kier molecular flexibility index (Phi) is 5.19. The third kappa shape index (κ3) is 4.16. The second-order valence-corrected chi connectivity index (χ2v) is 9.62. The lowest BCUT2D eigenvalue weighted by molar-refractivity contribution is -0.131. The molecule has 2 aromatic rings. The van der Waals surface area contributed by atoms with E-state index in [0.29, 0.717) is 25.1 Å². The fourth-order valence-electron chi connectivity index (χ4n) is 4.13. The number of hydrogen-bond donors (Lipinski definition) is 1. The average molecular weight is 391 g/mol. The van der Waals surface area contributed by atoms with Gasteiger partial charge in [-0.1, -0.05) is 18.9 Å². The quantitative estimate of drug-likeness (QED) is 0.843. The highest BCUT2D eigenvalue weighted by Crippen LogP contribution is 2.22. The molecule has 2 aliphatic rings. The van der Waals surface area contributed by atoms with Crippen molar-refractivity contribution in [3.8, 4) is 0 Å². The molecule has 7 nitrogen and oxygen atoms in total. The number of sulfonamides is 1. The summed E-state index contributed by atoms with van der Waals surface area (Å²) in [6, 6.07) is 5.79. The highest BCUT2D eigenvalue weighted by Gasteiger charge is 2.34. The van der Waals surface area contributed by atoms with Crippen molar-refractivity contribution in [1.82, 2.24) is 19.0 Å². The van der Waals surface area contributed by atoms with E-state index in [1.165, 1.54) is 0 Å². The van der Waals surface area contributed by atoms with Gasteiger partial charge in [-0.15, -0.1) is 0 Å². The highest BCUT2D eigenvalue weighted by atomic mass is 32.2. The number of pyridine rings is 1. The predicted molar refractivity (Wildman–Crippen MR) is 103 cm³/mol. The minimum atomic E-state index is -3.39. The zero-order valence-corrected chi connectivity index (χ0v) is 16.2. The average Bonchev–Trinajstić information content (AvgIpc) is 3.30. The normalized spacial score (nSPS) is 21.8. The number of aromatic nitrogens is 2. The van der Waals surface area contributed by atoms with Crippen molar-refractivity contribution in [3.05, 3.63) is 36.3 Å². The van der Waals surface area contributed by atoms with E-state index in [2.05, 4.69) is 9.71 Å². The van der Waals surface area contributed by atoms with Crippen LogP contribution in [0.4, 0.5) is 0 Å². The van der Waals surface area contributed by atoms with Crippen LogP contribution < -0.4 is 4.72 Å². The number of fused-ring (bicyclic) bond motifs is 1. The van der Waals surface area contributed by atoms with Gasteiger partial charge in [-0.3, -0.25) is 4.79 Å². The molecule has 2 aromatic heterocycles. The Balaban J connectivity index is 1.40. The lowest BCUT2D eigenvalue weighted by Gasteiger charge is -2.33. The van der Waals surface area contributed by atoms with Crippen molar-refractivity contribution in [3.63, 3.8) is 0 Å². The van der Waals surface area contributed by atoms with Crippen LogP contribution in [0.1, 0.15) is 44.2 Å². The van der Waals surface area contributed by atoms with Gasteiger partial charge < -0.3 is 9.30 Å². The van der Waals surface area contributed by atoms with Crippen LogP contribution in [0.25, 0.3) is 5.65 Å². The minimum Gasteiger partial charge on any atom is -0.341 e. The number of amides is 1. The summed E-state index contributed by atoms with van der Waals surface area (Å²) in [6.45, 7) is 0.885. The van der Waals surface area contributed by atoms with Crippen LogP contribution in [0.15, 0.2) is 30.6 Å². The Morgan fingerprint density at radius 3 is 2.78 bits per heavy atom. The molecule has 0 radical (unpaired) electrons. The largest absolute Gasteiger partial charge is 0.341 e. The van der Waals surface area contributed by atoms with Crippen molar-refractivity contribution in [2.75, 3.05) is 13.1 Å². The van der Waals surface area contributed by atoms with Crippen molar-refractivity contribution in [1.29, 1.82) is 0 Å². The number of carbonyl (C=O) groups is 1. The molecule has 4 rings (SSSR count). The zero-order chi connectivity index (χ0) is 18.9. The molecular weight excluding hydrogens is 364 g/mol. The summed E-state index contributed by atoms with van der Waals surface area (Å²) in [7, 11) is -3.39. The highest BCUT2D eigenvalue weighted by molar-refractivity contribution is 7.90. The van der Waals surface area contributed by atoms with Gasteiger partial charge in [-0.2, -0.15) is 0 Å². The maximum absolute atomic E-state index is 12.7. The summed E-state index contributed by atoms with van der Waals surface area (Å²) >= 11 is 0. The van der Waals surface area contributed by atoms with Crippen molar-refractivity contribution >= 4 is 21.6 Å². The molecule has 8 heteroatoms. The molecule has 0 bridgehead atoms. The molecular formula is C19H26N4O3S. The van der Waals surface area contributed by atoms with E-state index in [4.69, 9.17) is 0 Å². The van der Waals surface area contributed by atoms with E-state index < -0.39 is 15.3 Å². The molecule has 2 fully saturated rings. The van der Waals surface area contributed by atoms with E-state index in [0.717, 1.165) is 31.3 Å². The fourth-order valence-corrected chi connectivity index (χ4v) is 5.88. The number of nitrogens with one attached hydrogen (secondary N) is 1. The monoisotopic (exact) mass is 390 g/mol. The molecule has 1 saturated heterocycles. The molecule has 1 aliphatic carbocycles. The lowest BCUT2D eigenvalue weighted by atomic mass is 10.1. The molecule has 1 atom stereocenters. The molecule has 0 aromatic carbocycles. The molecule has 0 spiro atoms. The summed E-state index contributed by atoms with van der Waals surface area (Å²) in [5, 5.41) is -0.517. The molecule has 1 saturated carbocycles. The number of nitrogens with zero attached hydrogens (tertiary/aromatic N) is 3. The lowest BCUT2D eigenvalue weighted by Crippen LogP contribution is -2.50. The van der Waals surface area contributed by atoms with E-state index >= 15 is 0 Å². The first-order chi connectivity index (χ1) is 13.0. The first kappa shape index (κ1) is 18.4. The smallest absolute Gasteiger partial charge is 0.228 e. The molecule has 0 unspecified atom stereocenters. The number of piperidine rings is 1. The van der Waals surface area contributed by atoms with Crippen LogP contribution in [0, 0.1) is 0 Å². The van der Waals surface area contributed by atoms with Gasteiger partial charge in [0.1, 0.15) is 5.65 Å². The first-order valence-electron chi connectivity index (χ1n) is 9.73. The maximum atomic E-state index is 12.7. The Morgan fingerprint density at radius 1 is 1.19 bits per heavy atom. The fraction of sp³-hybridized carbons (Fsp3) is 0.579. The van der Waals surface area contributed by atoms with Crippen LogP contribution in [-0.2, 0) is 21.2 Å². The van der Waals surface area contributed by atoms with Crippen molar-refractivity contribution in [2.24, 2.45) is 0 Å². The minimum absolute atomic E-state index is 0.0563. The number of carbonyl (C=O) groups excluding carboxylic acids is 1. The van der Waals surface area contributed by atoms with Crippen LogP contribution in [-0.4, -0.2) is 53.0 Å². The van der Waals surface area contributed by atoms with Gasteiger partial charge in [-0.05, 0) is 37.8 Å². The Morgan fingerprint density at radius 2 is 2.00 bits per heavy atom. The number of hydrogen-bond acceptors (Lipinski definition) is 4. The summed E-state index contributed by atoms with van der Waals surface area (Å²) < 4.78 is 30.2. The second-order valence-electron chi connectivity index (χ2n) is 7.62. The third-order valence-electron chi connectivity index (χ3n) is 5.60. The van der Waals surface area contributed by atoms with E-state index in [-0.39, 0.29) is 24.9 Å². The van der Waals surface area contributed by atoms with Gasteiger partial charge in [0.15, 0.2) is 0 Å². The standard InChI is InChI=1S/C19H26N4O3S/c24-19(12-16-13-22-10-4-3-9-18(22)20-16)23-11-5-8-17(14-23)27(25,26)21-15-6-1-2-7-15/h3-4,9-10,13,15,17,21H,1-2,5-8,11-12,14H2/t17-/m1/s1. The first-order valence-corrected chi connectivity index (χ1v) is 11.3. The van der Waals surface area contributed by atoms with Crippen LogP contribution in [0.3, 0.4) is 0 Å². The Hall–Kier alpha value is -1.93. The van der Waals surface area contributed by atoms with Gasteiger partial charge in [0.25, 0.3) is 0 Å². The zero-order valence-electron chi connectivity index (χ0n) is 15.4. The molecule has 1 aliphatic heterocycles. The van der Waals surface area contributed by atoms with Crippen LogP contribution in [0.5, 0.6) is 0 Å². The van der Waals surface area contributed by atoms with Crippen LogP contribution in [0.2, 0.25) is 0 Å². The van der Waals surface area contributed by atoms with Crippen LogP contribution >= 0.6 is 0 Å². The van der Waals surface area contributed by atoms with Gasteiger partial charge in [0, 0.05) is 31.5 Å². The molecule has 1 N–H and O–H groups in total. The predicted octanol–water partition coefficient (Wildman–Crippen LogP) is 1.73. The molecule has 146 valence electrons. The van der Waals surface area contributed by atoms with E-state index in [1.807, 2.05) is 35.0 Å². The third-order valence-corrected chi connectivity index (χ3v) is 7.53. The summed E-state index contributed by atoms with van der Waals surface area (Å²) in [5.41, 5.74) is 1.51. The van der Waals surface area contributed by atoms with Gasteiger partial charge in [0.2, 0.25) is 15.9 Å². The Bertz CT molecular complexity index is 885. The number of imidazole rings is 1. The Labute approximate surface area is 159 Å². The molecule has 27 heavy (non-hydrogen) atoms. The SMILES string of the molecule is O=C(Cc1cn2ccccc2n1)N1CCC[C@@H](S(=O)(=O)NC2CCCC2)C1. The topological polar surface area (TPSA) is 83.8 Å². The van der Waals surface area contributed by atoms with E-state index in [9.17, 15) is 13.2 Å². The van der Waals surface area contributed by atoms with Crippen molar-refractivity contribution < 1.29 is 13.2 Å². The van der Waals surface area contributed by atoms with Gasteiger partial charge in [0.05, 0.1) is 17.4 Å². The maximum Gasteiger partial charge on any atom is 0.228 e. The summed E-state index contributed by atoms with van der Waals surface area (Å²) in [4.78, 5) is 18.9. The summed E-state index contributed by atoms with van der Waals surface area (Å²) in [5.74, 6) is -0.0563. The number of likely N-dealkylation sites (tertiary alicyclic amines) is 1. The summed E-state index contributed by atoms with van der Waals surface area (Å²) in [6.07, 6.45) is 9.29. The van der Waals surface area contributed by atoms with Gasteiger partial charge in [-0.25, -0.2) is 18.1 Å². The van der Waals surface area contributed by atoms with Gasteiger partial charge >= 0.3 is 0 Å². The molecule has 1 amide bonds. The second kappa shape index (κ2) is 7.59. The molecule has 3 heterocycles. The van der Waals surface area contributed by atoms with Crippen molar-refractivity contribution in [2.45, 2.75) is 56.2 Å².